The molecule has 0 bridgehead atoms. The molecule has 5 N–H and O–H groups in total. The average Bonchev–Trinajstić information content (AvgIpc) is 2.93. The van der Waals surface area contributed by atoms with Crippen molar-refractivity contribution in [2.75, 3.05) is 20.6 Å². The molecule has 0 fully saturated rings. The fourth-order valence-corrected chi connectivity index (χ4v) is 4.28. The summed E-state index contributed by atoms with van der Waals surface area (Å²) in [5.74, 6) is -0.819. The molecule has 0 saturated carbocycles. The van der Waals surface area contributed by atoms with Gasteiger partial charge in [-0.05, 0) is 79.9 Å². The third kappa shape index (κ3) is 25.1. The first-order valence-corrected chi connectivity index (χ1v) is 15.7. The molecular weight excluding hydrogens is 522 g/mol. The van der Waals surface area contributed by atoms with Crippen LogP contribution in [0.15, 0.2) is 0 Å². The summed E-state index contributed by atoms with van der Waals surface area (Å²) in [4.78, 5) is 59.6. The van der Waals surface area contributed by atoms with Crippen molar-refractivity contribution in [2.24, 2.45) is 0 Å². The van der Waals surface area contributed by atoms with Crippen molar-refractivity contribution >= 4 is 29.8 Å². The van der Waals surface area contributed by atoms with Crippen LogP contribution < -0.4 is 26.6 Å². The number of carbonyl (C=O) groups is 5. The van der Waals surface area contributed by atoms with E-state index < -0.39 is 18.1 Å². The SMILES string of the molecule is CCCCC(C)NC.CCCCCCC(NC(=O)CCC(CC(C)=O)NC(=O)C(CCCCNC)NC=O)C(C)=O. The number of hydrogen-bond acceptors (Lipinski definition) is 7. The molecule has 0 aromatic heterocycles. The molecule has 0 aliphatic carbocycles. The summed E-state index contributed by atoms with van der Waals surface area (Å²) in [6.07, 6.45) is 11.7. The molecule has 0 aliphatic rings. The van der Waals surface area contributed by atoms with Gasteiger partial charge >= 0.3 is 0 Å². The number of carbonyl (C=O) groups excluding carboxylic acids is 5. The molecule has 240 valence electrons. The second-order valence-corrected chi connectivity index (χ2v) is 11.0. The van der Waals surface area contributed by atoms with Crippen molar-refractivity contribution in [1.29, 1.82) is 0 Å². The van der Waals surface area contributed by atoms with Gasteiger partial charge in [0, 0.05) is 24.9 Å². The van der Waals surface area contributed by atoms with Crippen molar-refractivity contribution in [1.82, 2.24) is 26.6 Å². The minimum Gasteiger partial charge on any atom is -0.351 e. The van der Waals surface area contributed by atoms with Gasteiger partial charge in [-0.25, -0.2) is 0 Å². The summed E-state index contributed by atoms with van der Waals surface area (Å²) in [6, 6.07) is -1.01. The summed E-state index contributed by atoms with van der Waals surface area (Å²) in [7, 11) is 3.86. The first-order chi connectivity index (χ1) is 19.6. The number of nitrogens with one attached hydrogen (secondary N) is 5. The van der Waals surface area contributed by atoms with Crippen molar-refractivity contribution in [3.05, 3.63) is 0 Å². The highest BCUT2D eigenvalue weighted by Crippen LogP contribution is 2.09. The van der Waals surface area contributed by atoms with Crippen LogP contribution in [-0.4, -0.2) is 74.6 Å². The minimum absolute atomic E-state index is 0.0745. The number of hydrogen-bond donors (Lipinski definition) is 5. The Hall–Kier alpha value is -2.33. The molecule has 41 heavy (non-hydrogen) atoms. The van der Waals surface area contributed by atoms with E-state index in [0.29, 0.717) is 25.3 Å². The first kappa shape index (κ1) is 40.8. The zero-order valence-corrected chi connectivity index (χ0v) is 27.0. The van der Waals surface area contributed by atoms with Gasteiger partial charge in [0.05, 0.1) is 6.04 Å². The second kappa shape index (κ2) is 27.8. The predicted molar refractivity (Wildman–Crippen MR) is 167 cm³/mol. The largest absolute Gasteiger partial charge is 0.351 e. The third-order valence-corrected chi connectivity index (χ3v) is 7.01. The molecule has 0 spiro atoms. The maximum atomic E-state index is 12.7. The van der Waals surface area contributed by atoms with E-state index in [1.165, 1.54) is 33.1 Å². The van der Waals surface area contributed by atoms with Gasteiger partial charge in [-0.3, -0.25) is 24.0 Å². The Labute approximate surface area is 249 Å². The Bertz CT molecular complexity index is 719. The molecule has 0 heterocycles. The Balaban J connectivity index is 0. The quantitative estimate of drug-likeness (QED) is 0.0816. The fourth-order valence-electron chi connectivity index (χ4n) is 4.28. The first-order valence-electron chi connectivity index (χ1n) is 15.7. The van der Waals surface area contributed by atoms with E-state index in [1.807, 2.05) is 14.1 Å². The molecule has 0 aliphatic heterocycles. The number of unbranched alkanes of at least 4 members (excludes halogenated alkanes) is 5. The van der Waals surface area contributed by atoms with Crippen LogP contribution >= 0.6 is 0 Å². The van der Waals surface area contributed by atoms with E-state index in [-0.39, 0.29) is 42.6 Å². The summed E-state index contributed by atoms with van der Waals surface area (Å²) >= 11 is 0. The molecule has 3 amide bonds. The van der Waals surface area contributed by atoms with Gasteiger partial charge in [0.2, 0.25) is 18.2 Å². The summed E-state index contributed by atoms with van der Waals surface area (Å²) in [5, 5.41) is 14.4. The third-order valence-electron chi connectivity index (χ3n) is 7.01. The molecule has 10 heteroatoms. The van der Waals surface area contributed by atoms with Crippen molar-refractivity contribution < 1.29 is 24.0 Å². The van der Waals surface area contributed by atoms with Crippen molar-refractivity contribution in [2.45, 2.75) is 149 Å². The van der Waals surface area contributed by atoms with Gasteiger partial charge in [0.1, 0.15) is 11.8 Å². The zero-order valence-electron chi connectivity index (χ0n) is 27.0. The lowest BCUT2D eigenvalue weighted by Gasteiger charge is -2.22. The van der Waals surface area contributed by atoms with Gasteiger partial charge in [-0.15, -0.1) is 0 Å². The lowest BCUT2D eigenvalue weighted by Crippen LogP contribution is -2.48. The topological polar surface area (TPSA) is 145 Å². The van der Waals surface area contributed by atoms with Crippen molar-refractivity contribution in [3.63, 3.8) is 0 Å². The van der Waals surface area contributed by atoms with Gasteiger partial charge in [-0.2, -0.15) is 0 Å². The molecule has 0 saturated heterocycles. The maximum Gasteiger partial charge on any atom is 0.242 e. The number of ketones is 2. The van der Waals surface area contributed by atoms with E-state index in [2.05, 4.69) is 47.4 Å². The molecule has 0 aromatic carbocycles. The van der Waals surface area contributed by atoms with Crippen LogP contribution in [0.25, 0.3) is 0 Å². The molecular formula is C31H61N5O5. The predicted octanol–water partition coefficient (Wildman–Crippen LogP) is 3.56. The van der Waals surface area contributed by atoms with Crippen LogP contribution in [0, 0.1) is 0 Å². The smallest absolute Gasteiger partial charge is 0.242 e. The number of rotatable bonds is 25. The van der Waals surface area contributed by atoms with E-state index in [4.69, 9.17) is 0 Å². The van der Waals surface area contributed by atoms with Crippen molar-refractivity contribution in [3.8, 4) is 0 Å². The van der Waals surface area contributed by atoms with E-state index in [1.54, 1.807) is 0 Å². The Morgan fingerprint density at radius 2 is 1.39 bits per heavy atom. The monoisotopic (exact) mass is 583 g/mol. The highest BCUT2D eigenvalue weighted by Gasteiger charge is 2.23. The Morgan fingerprint density at radius 3 is 1.93 bits per heavy atom. The number of amides is 3. The standard InChI is InChI=1S/C24H44N4O5.C7H17N/c1-5-6-7-8-11-21(19(3)31)28-23(32)14-13-20(16-18(2)30)27-24(33)22(26-17-29)12-9-10-15-25-4;1-4-5-6-7(2)8-3/h17,20-22,25H,5-16H2,1-4H3,(H,26,29)(H,27,33)(H,28,32);7-8H,4-6H2,1-3H3. The highest BCUT2D eigenvalue weighted by atomic mass is 16.2. The van der Waals surface area contributed by atoms with E-state index in [9.17, 15) is 24.0 Å². The molecule has 0 radical (unpaired) electrons. The Kier molecular flexibility index (Phi) is 27.7. The lowest BCUT2D eigenvalue weighted by atomic mass is 10.0. The minimum atomic E-state index is -0.687. The van der Waals surface area contributed by atoms with E-state index >= 15 is 0 Å². The molecule has 0 rings (SSSR count). The fraction of sp³-hybridized carbons (Fsp3) is 0.839. The van der Waals surface area contributed by atoms with Crippen LogP contribution in [0.3, 0.4) is 0 Å². The summed E-state index contributed by atoms with van der Waals surface area (Å²) < 4.78 is 0. The molecule has 10 nitrogen and oxygen atoms in total. The molecule has 4 atom stereocenters. The van der Waals surface area contributed by atoms with Crippen LogP contribution in [0.4, 0.5) is 0 Å². The average molecular weight is 584 g/mol. The van der Waals surface area contributed by atoms with Gasteiger partial charge in [-0.1, -0.05) is 52.4 Å². The van der Waals surface area contributed by atoms with Crippen LogP contribution in [0.5, 0.6) is 0 Å². The highest BCUT2D eigenvalue weighted by molar-refractivity contribution is 5.88. The van der Waals surface area contributed by atoms with Crippen LogP contribution in [-0.2, 0) is 24.0 Å². The lowest BCUT2D eigenvalue weighted by molar-refractivity contribution is -0.128. The Morgan fingerprint density at radius 1 is 0.756 bits per heavy atom. The van der Waals surface area contributed by atoms with Crippen LogP contribution in [0.1, 0.15) is 125 Å². The zero-order chi connectivity index (χ0) is 31.5. The van der Waals surface area contributed by atoms with Gasteiger partial charge < -0.3 is 26.6 Å². The summed E-state index contributed by atoms with van der Waals surface area (Å²) in [6.45, 7) is 10.3. The van der Waals surface area contributed by atoms with Crippen LogP contribution in [0.2, 0.25) is 0 Å². The molecule has 0 aromatic rings. The molecule has 4 unspecified atom stereocenters. The second-order valence-electron chi connectivity index (χ2n) is 11.0. The van der Waals surface area contributed by atoms with Gasteiger partial charge in [0.15, 0.2) is 5.78 Å². The normalized spacial score (nSPS) is 13.5. The van der Waals surface area contributed by atoms with Gasteiger partial charge in [0.25, 0.3) is 0 Å². The van der Waals surface area contributed by atoms with E-state index in [0.717, 1.165) is 45.1 Å². The maximum absolute atomic E-state index is 12.7. The summed E-state index contributed by atoms with van der Waals surface area (Å²) in [5.41, 5.74) is 0. The number of Topliss-reactive ketones (excluding diaryl/α,β-unsaturated/α-hetero) is 2.